The monoisotopic (exact) mass is 517 g/mol. The lowest BCUT2D eigenvalue weighted by Crippen LogP contribution is -2.52. The molecule has 2 saturated heterocycles. The first-order valence-electron chi connectivity index (χ1n) is 13.3. The Bertz CT molecular complexity index is 1250. The lowest BCUT2D eigenvalue weighted by atomic mass is 9.84. The van der Waals surface area contributed by atoms with E-state index in [0.717, 1.165) is 49.9 Å². The van der Waals surface area contributed by atoms with Gasteiger partial charge in [-0.25, -0.2) is 4.79 Å². The number of benzodiazepines with no additional fused rings is 1. The zero-order chi connectivity index (χ0) is 26.8. The average molecular weight is 518 g/mol. The number of carbonyl (C=O) groups excluding carboxylic acids is 3. The highest BCUT2D eigenvalue weighted by Crippen LogP contribution is 2.34. The quantitative estimate of drug-likeness (QED) is 0.565. The number of carbonyl (C=O) groups is 3. The van der Waals surface area contributed by atoms with Gasteiger partial charge < -0.3 is 20.6 Å². The highest BCUT2D eigenvalue weighted by Gasteiger charge is 2.37. The number of nitrogens with zero attached hydrogens (tertiary/aromatic N) is 3. The van der Waals surface area contributed by atoms with Gasteiger partial charge in [0.15, 0.2) is 0 Å². The Balaban J connectivity index is 1.43. The van der Waals surface area contributed by atoms with Gasteiger partial charge in [0.2, 0.25) is 12.1 Å². The van der Waals surface area contributed by atoms with E-state index in [9.17, 15) is 19.5 Å². The molecule has 9 heteroatoms. The van der Waals surface area contributed by atoms with Crippen LogP contribution in [0.3, 0.4) is 0 Å². The van der Waals surface area contributed by atoms with Crippen molar-refractivity contribution in [2.75, 3.05) is 36.5 Å². The predicted molar refractivity (Wildman–Crippen MR) is 146 cm³/mol. The molecular formula is C29H35N5O4. The zero-order valence-corrected chi connectivity index (χ0v) is 21.9. The molecule has 3 fully saturated rings. The average Bonchev–Trinajstić information content (AvgIpc) is 3.28. The number of fused-ring (bicyclic) bond motifs is 5. The summed E-state index contributed by atoms with van der Waals surface area (Å²) in [6, 6.07) is 12.2. The van der Waals surface area contributed by atoms with Gasteiger partial charge in [-0.1, -0.05) is 30.3 Å². The molecule has 9 nitrogen and oxygen atoms in total. The Kier molecular flexibility index (Phi) is 7.46. The SMILES string of the molecule is Cc1cccc(NC(=O)NC2N=C(CO)c3cccc(C)c3N(CC(=O)N3CC4CCC(CC4)C3)C2=O)c1. The van der Waals surface area contributed by atoms with Gasteiger partial charge in [0.25, 0.3) is 5.91 Å². The summed E-state index contributed by atoms with van der Waals surface area (Å²) in [5, 5.41) is 15.5. The van der Waals surface area contributed by atoms with E-state index >= 15 is 0 Å². The predicted octanol–water partition coefficient (Wildman–Crippen LogP) is 3.23. The molecule has 0 aromatic heterocycles. The van der Waals surface area contributed by atoms with E-state index in [0.29, 0.717) is 28.8 Å². The number of rotatable bonds is 5. The van der Waals surface area contributed by atoms with Crippen molar-refractivity contribution >= 4 is 34.9 Å². The fourth-order valence-corrected chi connectivity index (χ4v) is 5.91. The number of aryl methyl sites for hydroxylation is 2. The van der Waals surface area contributed by atoms with Crippen molar-refractivity contribution in [1.29, 1.82) is 0 Å². The molecule has 3 heterocycles. The van der Waals surface area contributed by atoms with Crippen molar-refractivity contribution < 1.29 is 19.5 Å². The zero-order valence-electron chi connectivity index (χ0n) is 21.9. The van der Waals surface area contributed by atoms with Crippen LogP contribution in [0.5, 0.6) is 0 Å². The minimum absolute atomic E-state index is 0.109. The highest BCUT2D eigenvalue weighted by atomic mass is 16.3. The van der Waals surface area contributed by atoms with Gasteiger partial charge in [0.05, 0.1) is 18.0 Å². The summed E-state index contributed by atoms with van der Waals surface area (Å²) in [5.41, 5.74) is 3.74. The summed E-state index contributed by atoms with van der Waals surface area (Å²) < 4.78 is 0. The molecule has 2 aromatic carbocycles. The number of anilines is 2. The normalized spacial score (nSPS) is 22.8. The second-order valence-electron chi connectivity index (χ2n) is 10.7. The second-order valence-corrected chi connectivity index (χ2v) is 10.7. The van der Waals surface area contributed by atoms with Gasteiger partial charge in [-0.2, -0.15) is 0 Å². The Morgan fingerprint density at radius 1 is 1.03 bits per heavy atom. The molecule has 1 saturated carbocycles. The molecule has 0 radical (unpaired) electrons. The molecule has 1 atom stereocenters. The molecule has 200 valence electrons. The molecular weight excluding hydrogens is 482 g/mol. The number of hydrogen-bond acceptors (Lipinski definition) is 5. The van der Waals surface area contributed by atoms with Gasteiger partial charge >= 0.3 is 6.03 Å². The minimum Gasteiger partial charge on any atom is -0.390 e. The first-order chi connectivity index (χ1) is 18.3. The number of aliphatic hydroxyl groups excluding tert-OH is 1. The summed E-state index contributed by atoms with van der Waals surface area (Å²) in [4.78, 5) is 48.2. The van der Waals surface area contributed by atoms with Gasteiger partial charge in [-0.3, -0.25) is 19.5 Å². The van der Waals surface area contributed by atoms with Crippen molar-refractivity contribution in [3.05, 3.63) is 59.2 Å². The van der Waals surface area contributed by atoms with Crippen molar-refractivity contribution in [3.8, 4) is 0 Å². The molecule has 3 aliphatic heterocycles. The van der Waals surface area contributed by atoms with Crippen LogP contribution in [-0.2, 0) is 9.59 Å². The number of aliphatic hydroxyl groups is 1. The molecule has 4 aliphatic rings. The Morgan fingerprint density at radius 2 is 1.71 bits per heavy atom. The summed E-state index contributed by atoms with van der Waals surface area (Å²) in [7, 11) is 0. The van der Waals surface area contributed by atoms with Gasteiger partial charge in [0, 0.05) is 24.3 Å². The first-order valence-corrected chi connectivity index (χ1v) is 13.3. The molecule has 4 amide bonds. The number of benzene rings is 2. The van der Waals surface area contributed by atoms with Gasteiger partial charge in [-0.15, -0.1) is 0 Å². The Hall–Kier alpha value is -3.72. The number of nitrogens with one attached hydrogen (secondary N) is 2. The number of amides is 4. The summed E-state index contributed by atoms with van der Waals surface area (Å²) >= 11 is 0. The smallest absolute Gasteiger partial charge is 0.321 e. The van der Waals surface area contributed by atoms with Crippen LogP contribution < -0.4 is 15.5 Å². The maximum absolute atomic E-state index is 13.9. The van der Waals surface area contributed by atoms with E-state index in [1.165, 1.54) is 4.90 Å². The molecule has 0 spiro atoms. The number of urea groups is 1. The van der Waals surface area contributed by atoms with Crippen molar-refractivity contribution in [3.63, 3.8) is 0 Å². The topological polar surface area (TPSA) is 114 Å². The molecule has 6 rings (SSSR count). The van der Waals surface area contributed by atoms with Crippen molar-refractivity contribution in [2.24, 2.45) is 16.8 Å². The van der Waals surface area contributed by atoms with Crippen LogP contribution in [-0.4, -0.2) is 66.0 Å². The van der Waals surface area contributed by atoms with Gasteiger partial charge in [0.1, 0.15) is 6.54 Å². The summed E-state index contributed by atoms with van der Waals surface area (Å²) in [6.07, 6.45) is 3.29. The van der Waals surface area contributed by atoms with E-state index < -0.39 is 24.7 Å². The third-order valence-corrected chi connectivity index (χ3v) is 7.87. The molecule has 2 aromatic rings. The molecule has 3 N–H and O–H groups in total. The van der Waals surface area contributed by atoms with E-state index in [1.54, 1.807) is 12.1 Å². The third kappa shape index (κ3) is 5.43. The maximum Gasteiger partial charge on any atom is 0.321 e. The highest BCUT2D eigenvalue weighted by molar-refractivity contribution is 6.15. The van der Waals surface area contributed by atoms with E-state index in [4.69, 9.17) is 0 Å². The molecule has 1 aliphatic carbocycles. The van der Waals surface area contributed by atoms with E-state index in [2.05, 4.69) is 15.6 Å². The Labute approximate surface area is 222 Å². The van der Waals surface area contributed by atoms with E-state index in [1.807, 2.05) is 49.1 Å². The van der Waals surface area contributed by atoms with Crippen LogP contribution in [0.4, 0.5) is 16.2 Å². The standard InChI is InChI=1S/C29H35N5O4/c1-18-5-3-7-22(13-18)30-29(38)32-27-28(37)34(26-19(2)6-4-8-23(26)24(17-35)31-27)16-25(36)33-14-20-9-10-21(15-33)12-11-20/h3-8,13,20-21,27,35H,9-12,14-17H2,1-2H3,(H2,30,32,38). The third-order valence-electron chi connectivity index (χ3n) is 7.87. The summed E-state index contributed by atoms with van der Waals surface area (Å²) in [6.45, 7) is 4.65. The fourth-order valence-electron chi connectivity index (χ4n) is 5.91. The van der Waals surface area contributed by atoms with Crippen LogP contribution in [0.15, 0.2) is 47.5 Å². The van der Waals surface area contributed by atoms with Crippen LogP contribution >= 0.6 is 0 Å². The number of aliphatic imine (C=N–C) groups is 1. The first kappa shape index (κ1) is 25.9. The lowest BCUT2D eigenvalue weighted by Gasteiger charge is -2.30. The number of hydrogen-bond donors (Lipinski definition) is 3. The maximum atomic E-state index is 13.9. The fraction of sp³-hybridized carbons (Fsp3) is 0.448. The van der Waals surface area contributed by atoms with Crippen LogP contribution in [0, 0.1) is 25.7 Å². The van der Waals surface area contributed by atoms with E-state index in [-0.39, 0.29) is 18.2 Å². The summed E-state index contributed by atoms with van der Waals surface area (Å²) in [5.74, 6) is 0.391. The van der Waals surface area contributed by atoms with Crippen LogP contribution in [0.25, 0.3) is 0 Å². The Morgan fingerprint density at radius 3 is 2.37 bits per heavy atom. The second kappa shape index (κ2) is 10.9. The van der Waals surface area contributed by atoms with Crippen molar-refractivity contribution in [2.45, 2.75) is 45.7 Å². The van der Waals surface area contributed by atoms with Gasteiger partial charge in [-0.05, 0) is 74.6 Å². The largest absolute Gasteiger partial charge is 0.390 e. The molecule has 2 bridgehead atoms. The molecule has 1 unspecified atom stereocenters. The van der Waals surface area contributed by atoms with Crippen LogP contribution in [0.2, 0.25) is 0 Å². The van der Waals surface area contributed by atoms with Crippen molar-refractivity contribution in [1.82, 2.24) is 10.2 Å². The molecule has 38 heavy (non-hydrogen) atoms. The minimum atomic E-state index is -1.30. The lowest BCUT2D eigenvalue weighted by molar-refractivity contribution is -0.132. The number of para-hydroxylation sites is 1. The van der Waals surface area contributed by atoms with Crippen LogP contribution in [0.1, 0.15) is 42.4 Å².